The number of likely N-dealkylation sites (N-methyl/N-ethyl adjacent to an activating group) is 2. The van der Waals surface area contributed by atoms with Gasteiger partial charge in [0.2, 0.25) is 0 Å². The number of aliphatic hydroxyl groups excluding tert-OH is 2. The molecule has 0 bridgehead atoms. The highest BCUT2D eigenvalue weighted by atomic mass is 16.5. The van der Waals surface area contributed by atoms with Gasteiger partial charge in [0.15, 0.2) is 0 Å². The van der Waals surface area contributed by atoms with Gasteiger partial charge in [-0.2, -0.15) is 0 Å². The highest BCUT2D eigenvalue weighted by molar-refractivity contribution is 4.96. The van der Waals surface area contributed by atoms with Crippen molar-refractivity contribution in [1.82, 2.24) is 0 Å². The molecule has 6 atom stereocenters. The zero-order valence-electron chi connectivity index (χ0n) is 19.1. The quantitative estimate of drug-likeness (QED) is 0.712. The van der Waals surface area contributed by atoms with Crippen molar-refractivity contribution in [3.8, 4) is 0 Å². The van der Waals surface area contributed by atoms with E-state index in [9.17, 15) is 10.2 Å². The highest BCUT2D eigenvalue weighted by Gasteiger charge is 2.54. The van der Waals surface area contributed by atoms with Crippen molar-refractivity contribution in [2.24, 2.45) is 0 Å². The normalized spacial score (nSPS) is 39.5. The van der Waals surface area contributed by atoms with Crippen LogP contribution in [0.15, 0.2) is 0 Å². The van der Waals surface area contributed by atoms with Crippen molar-refractivity contribution < 1.29 is 28.7 Å². The third kappa shape index (κ3) is 4.97. The molecule has 2 saturated heterocycles. The molecule has 0 spiro atoms. The van der Waals surface area contributed by atoms with Crippen LogP contribution >= 0.6 is 0 Å². The Morgan fingerprint density at radius 2 is 1.12 bits per heavy atom. The maximum absolute atomic E-state index is 10.1. The minimum Gasteiger partial charge on any atom is -0.384 e. The van der Waals surface area contributed by atoms with Crippen LogP contribution in [0.1, 0.15) is 41.5 Å². The molecule has 6 heteroatoms. The molecule has 2 fully saturated rings. The monoisotopic (exact) mass is 376 g/mol. The summed E-state index contributed by atoms with van der Waals surface area (Å²) >= 11 is 0. The summed E-state index contributed by atoms with van der Waals surface area (Å²) in [6, 6.07) is 0.303. The van der Waals surface area contributed by atoms with E-state index in [1.54, 1.807) is 0 Å². The van der Waals surface area contributed by atoms with Gasteiger partial charge in [-0.05, 0) is 41.5 Å². The Morgan fingerprint density at radius 1 is 0.692 bits per heavy atom. The Bertz CT molecular complexity index is 479. The molecule has 2 rings (SSSR count). The number of hydrogen-bond acceptors (Lipinski definition) is 4. The maximum Gasteiger partial charge on any atom is 0.146 e. The van der Waals surface area contributed by atoms with E-state index in [1.807, 2.05) is 41.5 Å². The first-order valence-corrected chi connectivity index (χ1v) is 9.66. The predicted molar refractivity (Wildman–Crippen MR) is 105 cm³/mol. The van der Waals surface area contributed by atoms with Gasteiger partial charge in [0.1, 0.15) is 36.0 Å². The van der Waals surface area contributed by atoms with Gasteiger partial charge in [0, 0.05) is 0 Å². The van der Waals surface area contributed by atoms with E-state index in [0.717, 1.165) is 8.97 Å². The number of nitrogens with zero attached hydrogens (tertiary/aromatic N) is 2. The molecule has 0 saturated carbocycles. The standard InChI is InChI=1S/2C10H22NO2/c1-7-8(12)9(11(4,5)6)10(2,3)13-7;1-7-8(11(4,5)6)9(12)10(2,3)13-7/h2*7-9,12H,1-6H3/q2*+1/t7?,8-,9?;7?,8?,9-/m10/s1. The molecular formula is C20H44N2O4+2. The number of ether oxygens (including phenoxy) is 2. The van der Waals surface area contributed by atoms with Gasteiger partial charge in [0.25, 0.3) is 0 Å². The smallest absolute Gasteiger partial charge is 0.146 e. The molecule has 0 aromatic carbocycles. The molecule has 156 valence electrons. The zero-order valence-corrected chi connectivity index (χ0v) is 19.1. The number of hydrogen-bond donors (Lipinski definition) is 2. The molecule has 2 heterocycles. The third-order valence-corrected chi connectivity index (χ3v) is 5.74. The van der Waals surface area contributed by atoms with E-state index in [-0.39, 0.29) is 42.1 Å². The molecule has 2 aliphatic heterocycles. The lowest BCUT2D eigenvalue weighted by Crippen LogP contribution is -2.58. The molecule has 0 amide bonds. The molecule has 2 aliphatic rings. The van der Waals surface area contributed by atoms with Crippen molar-refractivity contribution in [2.45, 2.75) is 89.2 Å². The van der Waals surface area contributed by atoms with Crippen LogP contribution in [0.5, 0.6) is 0 Å². The lowest BCUT2D eigenvalue weighted by molar-refractivity contribution is -0.903. The summed E-state index contributed by atoms with van der Waals surface area (Å²) < 4.78 is 12.9. The molecule has 26 heavy (non-hydrogen) atoms. The van der Waals surface area contributed by atoms with E-state index >= 15 is 0 Å². The average Bonchev–Trinajstić information content (AvgIpc) is 2.67. The SMILES string of the molecule is CC1OC(C)(C)C([N+](C)(C)C)[C@@H]1O.CC1OC(C)(C)[C@@H](O)C1[N+](C)(C)C. The van der Waals surface area contributed by atoms with Crippen molar-refractivity contribution in [3.63, 3.8) is 0 Å². The van der Waals surface area contributed by atoms with Crippen LogP contribution in [0.25, 0.3) is 0 Å². The molecule has 0 aromatic rings. The summed E-state index contributed by atoms with van der Waals surface area (Å²) in [4.78, 5) is 0. The minimum atomic E-state index is -0.407. The Balaban J connectivity index is 0.000000260. The van der Waals surface area contributed by atoms with Crippen LogP contribution in [-0.4, -0.2) is 109 Å². The minimum absolute atomic E-state index is 0.0580. The van der Waals surface area contributed by atoms with Crippen LogP contribution in [0, 0.1) is 0 Å². The van der Waals surface area contributed by atoms with E-state index in [0.29, 0.717) is 0 Å². The van der Waals surface area contributed by atoms with Gasteiger partial charge in [0.05, 0.1) is 54.0 Å². The first kappa shape index (κ1) is 23.8. The first-order valence-electron chi connectivity index (χ1n) is 9.66. The summed E-state index contributed by atoms with van der Waals surface area (Å²) in [5.74, 6) is 0. The summed E-state index contributed by atoms with van der Waals surface area (Å²) in [5, 5.41) is 20.1. The highest BCUT2D eigenvalue weighted by Crippen LogP contribution is 2.36. The van der Waals surface area contributed by atoms with E-state index in [4.69, 9.17) is 9.47 Å². The Labute approximate surface area is 160 Å². The second kappa shape index (κ2) is 7.30. The third-order valence-electron chi connectivity index (χ3n) is 5.74. The Morgan fingerprint density at radius 3 is 1.27 bits per heavy atom. The fourth-order valence-electron chi connectivity index (χ4n) is 5.02. The summed E-state index contributed by atoms with van der Waals surface area (Å²) in [6.45, 7) is 12.0. The summed E-state index contributed by atoms with van der Waals surface area (Å²) in [5.41, 5.74) is -0.646. The number of quaternary nitrogens is 2. The maximum atomic E-state index is 10.1. The van der Waals surface area contributed by atoms with Crippen LogP contribution in [0.3, 0.4) is 0 Å². The van der Waals surface area contributed by atoms with E-state index in [1.165, 1.54) is 0 Å². The largest absolute Gasteiger partial charge is 0.384 e. The second-order valence-electron chi connectivity index (χ2n) is 11.0. The predicted octanol–water partition coefficient (Wildman–Crippen LogP) is 1.24. The molecular weight excluding hydrogens is 332 g/mol. The number of rotatable bonds is 2. The molecule has 2 N–H and O–H groups in total. The van der Waals surface area contributed by atoms with Crippen LogP contribution in [0.2, 0.25) is 0 Å². The summed E-state index contributed by atoms with van der Waals surface area (Å²) in [6.07, 6.45) is -0.695. The van der Waals surface area contributed by atoms with Crippen LogP contribution in [0.4, 0.5) is 0 Å². The number of aliphatic hydroxyl groups is 2. The summed E-state index contributed by atoms with van der Waals surface area (Å²) in [7, 11) is 12.6. The van der Waals surface area contributed by atoms with Crippen molar-refractivity contribution in [2.75, 3.05) is 42.3 Å². The van der Waals surface area contributed by atoms with Crippen molar-refractivity contribution in [1.29, 1.82) is 0 Å². The lowest BCUT2D eigenvalue weighted by Gasteiger charge is -2.39. The van der Waals surface area contributed by atoms with Crippen LogP contribution in [-0.2, 0) is 9.47 Å². The fraction of sp³-hybridized carbons (Fsp3) is 1.00. The molecule has 6 nitrogen and oxygen atoms in total. The van der Waals surface area contributed by atoms with Gasteiger partial charge < -0.3 is 28.7 Å². The second-order valence-corrected chi connectivity index (χ2v) is 11.0. The fourth-order valence-corrected chi connectivity index (χ4v) is 5.02. The van der Waals surface area contributed by atoms with Gasteiger partial charge in [-0.25, -0.2) is 0 Å². The molecule has 0 radical (unpaired) electrons. The van der Waals surface area contributed by atoms with Crippen LogP contribution < -0.4 is 0 Å². The Kier molecular flexibility index (Phi) is 6.68. The Hall–Kier alpha value is -0.240. The van der Waals surface area contributed by atoms with Gasteiger partial charge in [-0.1, -0.05) is 0 Å². The van der Waals surface area contributed by atoms with Gasteiger partial charge in [-0.3, -0.25) is 0 Å². The van der Waals surface area contributed by atoms with Gasteiger partial charge >= 0.3 is 0 Å². The first-order chi connectivity index (χ1) is 11.3. The topological polar surface area (TPSA) is 58.9 Å². The van der Waals surface area contributed by atoms with E-state index < -0.39 is 5.60 Å². The average molecular weight is 377 g/mol. The molecule has 0 aromatic heterocycles. The molecule has 4 unspecified atom stereocenters. The lowest BCUT2D eigenvalue weighted by atomic mass is 9.93. The van der Waals surface area contributed by atoms with Gasteiger partial charge in [-0.15, -0.1) is 0 Å². The van der Waals surface area contributed by atoms with E-state index in [2.05, 4.69) is 42.3 Å². The molecule has 0 aliphatic carbocycles. The zero-order chi connectivity index (χ0) is 20.9. The van der Waals surface area contributed by atoms with Crippen molar-refractivity contribution in [3.05, 3.63) is 0 Å². The van der Waals surface area contributed by atoms with Crippen molar-refractivity contribution >= 4 is 0 Å².